The zero-order chi connectivity index (χ0) is 12.3. The van der Waals surface area contributed by atoms with Gasteiger partial charge < -0.3 is 11.1 Å². The van der Waals surface area contributed by atoms with Crippen LogP contribution in [-0.4, -0.2) is 37.9 Å². The van der Waals surface area contributed by atoms with Crippen LogP contribution in [0, 0.1) is 5.92 Å². The molecule has 1 amide bonds. The Hall–Kier alpha value is -0.620. The maximum absolute atomic E-state index is 11.6. The van der Waals surface area contributed by atoms with E-state index in [0.717, 1.165) is 6.42 Å². The second kappa shape index (κ2) is 5.14. The fourth-order valence-electron chi connectivity index (χ4n) is 1.74. The molecule has 0 aromatic heterocycles. The van der Waals surface area contributed by atoms with Crippen molar-refractivity contribution in [1.82, 2.24) is 5.32 Å². The largest absolute Gasteiger partial charge is 0.351 e. The number of hydrogen-bond donors (Lipinski definition) is 2. The quantitative estimate of drug-likeness (QED) is 0.715. The van der Waals surface area contributed by atoms with Crippen LogP contribution >= 0.6 is 0 Å². The molecule has 1 saturated heterocycles. The Morgan fingerprint density at radius 1 is 1.44 bits per heavy atom. The molecule has 0 aromatic rings. The van der Waals surface area contributed by atoms with Crippen molar-refractivity contribution < 1.29 is 13.2 Å². The van der Waals surface area contributed by atoms with E-state index in [2.05, 4.69) is 5.32 Å². The zero-order valence-electron chi connectivity index (χ0n) is 9.77. The van der Waals surface area contributed by atoms with Gasteiger partial charge >= 0.3 is 0 Å². The molecular formula is C10H20N2O3S. The highest BCUT2D eigenvalue weighted by molar-refractivity contribution is 7.91. The first kappa shape index (κ1) is 13.4. The lowest BCUT2D eigenvalue weighted by Gasteiger charge is -2.25. The molecule has 1 aliphatic rings. The summed E-state index contributed by atoms with van der Waals surface area (Å²) >= 11 is 0. The monoisotopic (exact) mass is 248 g/mol. The number of carbonyl (C=O) groups is 1. The van der Waals surface area contributed by atoms with E-state index in [1.165, 1.54) is 0 Å². The molecule has 1 heterocycles. The Kier molecular flexibility index (Phi) is 4.32. The van der Waals surface area contributed by atoms with Gasteiger partial charge in [-0.15, -0.1) is 0 Å². The SMILES string of the molecule is CC(C)[C@H](N)C(=O)NC1CCCS(=O)(=O)C1. The van der Waals surface area contributed by atoms with E-state index in [1.807, 2.05) is 13.8 Å². The molecule has 0 saturated carbocycles. The van der Waals surface area contributed by atoms with Gasteiger partial charge in [-0.05, 0) is 18.8 Å². The van der Waals surface area contributed by atoms with Gasteiger partial charge in [0.2, 0.25) is 5.91 Å². The van der Waals surface area contributed by atoms with Crippen molar-refractivity contribution >= 4 is 15.7 Å². The van der Waals surface area contributed by atoms with Crippen molar-refractivity contribution in [2.45, 2.75) is 38.8 Å². The molecule has 0 radical (unpaired) electrons. The average Bonchev–Trinajstić information content (AvgIpc) is 2.14. The normalized spacial score (nSPS) is 26.4. The lowest BCUT2D eigenvalue weighted by atomic mass is 10.0. The second-order valence-corrected chi connectivity index (χ2v) is 6.96. The highest BCUT2D eigenvalue weighted by atomic mass is 32.2. The summed E-state index contributed by atoms with van der Waals surface area (Å²) in [6.07, 6.45) is 1.33. The lowest BCUT2D eigenvalue weighted by Crippen LogP contribution is -2.51. The summed E-state index contributed by atoms with van der Waals surface area (Å²) in [5.74, 6) is 0.0800. The van der Waals surface area contributed by atoms with Crippen LogP contribution in [0.15, 0.2) is 0 Å². The summed E-state index contributed by atoms with van der Waals surface area (Å²) in [7, 11) is -2.98. The Morgan fingerprint density at radius 3 is 2.56 bits per heavy atom. The van der Waals surface area contributed by atoms with Crippen molar-refractivity contribution in [3.05, 3.63) is 0 Å². The standard InChI is InChI=1S/C10H20N2O3S/c1-7(2)9(11)10(13)12-8-4-3-5-16(14,15)6-8/h7-9H,3-6,11H2,1-2H3,(H,12,13)/t8?,9-/m0/s1. The number of sulfone groups is 1. The van der Waals surface area contributed by atoms with Gasteiger partial charge in [-0.2, -0.15) is 0 Å². The van der Waals surface area contributed by atoms with Gasteiger partial charge in [-0.1, -0.05) is 13.8 Å². The Morgan fingerprint density at radius 2 is 2.06 bits per heavy atom. The molecule has 0 bridgehead atoms. The predicted octanol–water partition coefficient (Wildman–Crippen LogP) is -0.337. The van der Waals surface area contributed by atoms with Crippen LogP contribution in [0.3, 0.4) is 0 Å². The summed E-state index contributed by atoms with van der Waals surface area (Å²) in [5.41, 5.74) is 5.68. The first-order valence-electron chi connectivity index (χ1n) is 5.58. The van der Waals surface area contributed by atoms with Gasteiger partial charge in [0.15, 0.2) is 9.84 Å². The maximum atomic E-state index is 11.6. The minimum absolute atomic E-state index is 0.0452. The van der Waals surface area contributed by atoms with E-state index < -0.39 is 15.9 Å². The van der Waals surface area contributed by atoms with E-state index in [-0.39, 0.29) is 29.4 Å². The average molecular weight is 248 g/mol. The van der Waals surface area contributed by atoms with Crippen LogP contribution in [-0.2, 0) is 14.6 Å². The van der Waals surface area contributed by atoms with E-state index >= 15 is 0 Å². The van der Waals surface area contributed by atoms with Crippen LogP contribution in [0.1, 0.15) is 26.7 Å². The van der Waals surface area contributed by atoms with Crippen molar-refractivity contribution in [1.29, 1.82) is 0 Å². The van der Waals surface area contributed by atoms with Gasteiger partial charge in [0, 0.05) is 6.04 Å². The Balaban J connectivity index is 2.52. The van der Waals surface area contributed by atoms with Gasteiger partial charge in [0.1, 0.15) is 0 Å². The van der Waals surface area contributed by atoms with E-state index in [9.17, 15) is 13.2 Å². The molecule has 2 atom stereocenters. The summed E-state index contributed by atoms with van der Waals surface area (Å²) in [6, 6.07) is -0.833. The Bertz CT molecular complexity index is 351. The van der Waals surface area contributed by atoms with E-state index in [4.69, 9.17) is 5.73 Å². The smallest absolute Gasteiger partial charge is 0.237 e. The third kappa shape index (κ3) is 3.75. The molecule has 0 aromatic carbocycles. The molecule has 1 rings (SSSR count). The summed E-state index contributed by atoms with van der Waals surface area (Å²) in [6.45, 7) is 3.73. The highest BCUT2D eigenvalue weighted by Gasteiger charge is 2.27. The molecule has 16 heavy (non-hydrogen) atoms. The van der Waals surface area contributed by atoms with Crippen molar-refractivity contribution in [2.75, 3.05) is 11.5 Å². The fourth-order valence-corrected chi connectivity index (χ4v) is 3.37. The number of rotatable bonds is 3. The van der Waals surface area contributed by atoms with Gasteiger partial charge in [-0.3, -0.25) is 4.79 Å². The van der Waals surface area contributed by atoms with Crippen molar-refractivity contribution in [2.24, 2.45) is 11.7 Å². The molecule has 1 fully saturated rings. The third-order valence-corrected chi connectivity index (χ3v) is 4.65. The first-order valence-corrected chi connectivity index (χ1v) is 7.40. The zero-order valence-corrected chi connectivity index (χ0v) is 10.6. The van der Waals surface area contributed by atoms with Crippen LogP contribution in [0.2, 0.25) is 0 Å². The third-order valence-electron chi connectivity index (χ3n) is 2.83. The fraction of sp³-hybridized carbons (Fsp3) is 0.900. The minimum Gasteiger partial charge on any atom is -0.351 e. The van der Waals surface area contributed by atoms with Gasteiger partial charge in [-0.25, -0.2) is 8.42 Å². The predicted molar refractivity (Wildman–Crippen MR) is 62.6 cm³/mol. The Labute approximate surface area is 96.7 Å². The molecule has 94 valence electrons. The maximum Gasteiger partial charge on any atom is 0.237 e. The molecule has 6 heteroatoms. The van der Waals surface area contributed by atoms with E-state index in [0.29, 0.717) is 6.42 Å². The molecular weight excluding hydrogens is 228 g/mol. The molecule has 1 aliphatic heterocycles. The molecule has 3 N–H and O–H groups in total. The van der Waals surface area contributed by atoms with Crippen molar-refractivity contribution in [3.8, 4) is 0 Å². The van der Waals surface area contributed by atoms with Crippen LogP contribution in [0.25, 0.3) is 0 Å². The summed E-state index contributed by atoms with van der Waals surface area (Å²) < 4.78 is 22.7. The molecule has 0 aliphatic carbocycles. The number of amides is 1. The van der Waals surface area contributed by atoms with Crippen LogP contribution in [0.4, 0.5) is 0 Å². The van der Waals surface area contributed by atoms with Crippen LogP contribution < -0.4 is 11.1 Å². The highest BCUT2D eigenvalue weighted by Crippen LogP contribution is 2.12. The first-order chi connectivity index (χ1) is 7.32. The number of nitrogens with two attached hydrogens (primary N) is 1. The van der Waals surface area contributed by atoms with Crippen LogP contribution in [0.5, 0.6) is 0 Å². The topological polar surface area (TPSA) is 89.3 Å². The molecule has 5 nitrogen and oxygen atoms in total. The number of carbonyl (C=O) groups excluding carboxylic acids is 1. The minimum atomic E-state index is -2.98. The number of hydrogen-bond acceptors (Lipinski definition) is 4. The summed E-state index contributed by atoms with van der Waals surface area (Å²) in [5, 5.41) is 2.71. The second-order valence-electron chi connectivity index (χ2n) is 4.73. The summed E-state index contributed by atoms with van der Waals surface area (Å²) in [4.78, 5) is 11.6. The van der Waals surface area contributed by atoms with Gasteiger partial charge in [0.05, 0.1) is 17.5 Å². The lowest BCUT2D eigenvalue weighted by molar-refractivity contribution is -0.123. The number of nitrogens with one attached hydrogen (secondary N) is 1. The van der Waals surface area contributed by atoms with Crippen molar-refractivity contribution in [3.63, 3.8) is 0 Å². The van der Waals surface area contributed by atoms with E-state index in [1.54, 1.807) is 0 Å². The molecule has 1 unspecified atom stereocenters. The molecule has 0 spiro atoms. The van der Waals surface area contributed by atoms with Gasteiger partial charge in [0.25, 0.3) is 0 Å².